The number of amides is 1. The molecular weight excluding hydrogens is 116 g/mol. The van der Waals surface area contributed by atoms with E-state index in [0.29, 0.717) is 0 Å². The van der Waals surface area contributed by atoms with Crippen molar-refractivity contribution in [2.45, 2.75) is 6.92 Å². The van der Waals surface area contributed by atoms with Crippen LogP contribution in [-0.2, 0) is 4.79 Å². The number of carbonyl (C=O) groups is 1. The molecule has 3 nitrogen and oxygen atoms in total. The Hall–Kier alpha value is -1.30. The predicted molar refractivity (Wildman–Crippen MR) is 33.4 cm³/mol. The summed E-state index contributed by atoms with van der Waals surface area (Å²) in [7, 11) is 0. The number of nitrogens with one attached hydrogen (secondary N) is 1. The molecular formula is C6H8N2O. The first kappa shape index (κ1) is 7.70. The van der Waals surface area contributed by atoms with Crippen LogP contribution in [0.15, 0.2) is 12.2 Å². The molecule has 0 bridgehead atoms. The van der Waals surface area contributed by atoms with Gasteiger partial charge in [-0.25, -0.2) is 0 Å². The lowest BCUT2D eigenvalue weighted by Crippen LogP contribution is -2.20. The molecule has 0 saturated heterocycles. The lowest BCUT2D eigenvalue weighted by molar-refractivity contribution is -0.116. The predicted octanol–water partition coefficient (Wildman–Crippen LogP) is 0.202. The van der Waals surface area contributed by atoms with E-state index in [4.69, 9.17) is 5.26 Å². The third-order valence-corrected chi connectivity index (χ3v) is 0.660. The van der Waals surface area contributed by atoms with Crippen LogP contribution in [0.5, 0.6) is 0 Å². The lowest BCUT2D eigenvalue weighted by Gasteiger charge is -1.89. The average Bonchev–Trinajstić information content (AvgIpc) is 1.85. The summed E-state index contributed by atoms with van der Waals surface area (Å²) in [6, 6.07) is 1.79. The normalized spacial score (nSPS) is 8.89. The minimum atomic E-state index is -0.223. The van der Waals surface area contributed by atoms with Crippen molar-refractivity contribution >= 4 is 5.91 Å². The van der Waals surface area contributed by atoms with Crippen molar-refractivity contribution in [2.75, 3.05) is 6.54 Å². The molecule has 48 valence electrons. The smallest absolute Gasteiger partial charge is 0.244 e. The van der Waals surface area contributed by atoms with Gasteiger partial charge in [0.05, 0.1) is 6.07 Å². The summed E-state index contributed by atoms with van der Waals surface area (Å²) in [4.78, 5) is 10.5. The molecule has 0 spiro atoms. The fourth-order valence-corrected chi connectivity index (χ4v) is 0.337. The highest BCUT2D eigenvalue weighted by molar-refractivity contribution is 5.87. The van der Waals surface area contributed by atoms with Gasteiger partial charge in [0.2, 0.25) is 5.91 Å². The van der Waals surface area contributed by atoms with E-state index < -0.39 is 0 Å². The highest BCUT2D eigenvalue weighted by atomic mass is 16.1. The summed E-state index contributed by atoms with van der Waals surface area (Å²) in [5.74, 6) is -0.223. The molecule has 0 aromatic carbocycles. The molecule has 0 aliphatic rings. The van der Waals surface area contributed by atoms with Crippen molar-refractivity contribution in [1.29, 1.82) is 5.26 Å². The van der Waals surface area contributed by atoms with Crippen molar-refractivity contribution in [3.8, 4) is 6.07 Å². The summed E-state index contributed by atoms with van der Waals surface area (Å²) < 4.78 is 0. The summed E-state index contributed by atoms with van der Waals surface area (Å²) >= 11 is 0. The summed E-state index contributed by atoms with van der Waals surface area (Å²) in [6.07, 6.45) is 2.99. The maximum absolute atomic E-state index is 10.5. The molecule has 0 aromatic rings. The molecule has 0 rings (SSSR count). The zero-order valence-electron chi connectivity index (χ0n) is 5.22. The number of hydrogen-bond donors (Lipinski definition) is 1. The Morgan fingerprint density at radius 3 is 3.00 bits per heavy atom. The molecule has 3 heteroatoms. The molecule has 1 amide bonds. The molecule has 0 saturated carbocycles. The van der Waals surface area contributed by atoms with E-state index in [1.165, 1.54) is 6.08 Å². The molecule has 0 aromatic heterocycles. The minimum Gasteiger partial charge on any atom is -0.339 e. The zero-order valence-corrected chi connectivity index (χ0v) is 5.22. The van der Waals surface area contributed by atoms with Crippen molar-refractivity contribution in [3.63, 3.8) is 0 Å². The average molecular weight is 124 g/mol. The maximum atomic E-state index is 10.5. The minimum absolute atomic E-state index is 0.0726. The fraction of sp³-hybridized carbons (Fsp3) is 0.333. The van der Waals surface area contributed by atoms with Crippen LogP contribution in [0, 0.1) is 11.3 Å². The Morgan fingerprint density at radius 2 is 2.56 bits per heavy atom. The number of carbonyl (C=O) groups excluding carboxylic acids is 1. The number of allylic oxidation sites excluding steroid dienone is 1. The van der Waals surface area contributed by atoms with Gasteiger partial charge in [-0.05, 0) is 13.0 Å². The van der Waals surface area contributed by atoms with Crippen LogP contribution in [0.1, 0.15) is 6.92 Å². The van der Waals surface area contributed by atoms with E-state index in [1.807, 2.05) is 0 Å². The Morgan fingerprint density at radius 1 is 1.89 bits per heavy atom. The Kier molecular flexibility index (Phi) is 4.15. The van der Waals surface area contributed by atoms with E-state index in [-0.39, 0.29) is 12.5 Å². The van der Waals surface area contributed by atoms with Crippen LogP contribution in [0.4, 0.5) is 0 Å². The molecule has 0 fully saturated rings. The summed E-state index contributed by atoms with van der Waals surface area (Å²) in [5.41, 5.74) is 0. The quantitative estimate of drug-likeness (QED) is 0.422. The van der Waals surface area contributed by atoms with Crippen LogP contribution in [0.3, 0.4) is 0 Å². The third kappa shape index (κ3) is 4.56. The van der Waals surface area contributed by atoms with Gasteiger partial charge in [-0.3, -0.25) is 4.79 Å². The zero-order chi connectivity index (χ0) is 7.11. The molecule has 0 heterocycles. The molecule has 0 atom stereocenters. The van der Waals surface area contributed by atoms with Gasteiger partial charge in [0.15, 0.2) is 0 Å². The molecule has 0 aliphatic carbocycles. The van der Waals surface area contributed by atoms with Gasteiger partial charge >= 0.3 is 0 Å². The van der Waals surface area contributed by atoms with Crippen molar-refractivity contribution in [2.24, 2.45) is 0 Å². The summed E-state index contributed by atoms with van der Waals surface area (Å²) in [5, 5.41) is 10.3. The standard InChI is InChI=1S/C6H8N2O/c1-2-3-6(9)8-5-4-7/h2-3H,5H2,1H3,(H,8,9). The monoisotopic (exact) mass is 124 g/mol. The van der Waals surface area contributed by atoms with Gasteiger partial charge in [-0.1, -0.05) is 6.08 Å². The number of nitrogens with zero attached hydrogens (tertiary/aromatic N) is 1. The Bertz CT molecular complexity index is 155. The van der Waals surface area contributed by atoms with Crippen LogP contribution >= 0.6 is 0 Å². The molecule has 0 aliphatic heterocycles. The van der Waals surface area contributed by atoms with E-state index in [9.17, 15) is 4.79 Å². The Balaban J connectivity index is 3.42. The van der Waals surface area contributed by atoms with Gasteiger partial charge in [0.1, 0.15) is 6.54 Å². The van der Waals surface area contributed by atoms with Gasteiger partial charge in [0, 0.05) is 0 Å². The van der Waals surface area contributed by atoms with Crippen LogP contribution < -0.4 is 5.32 Å². The molecule has 1 N–H and O–H groups in total. The van der Waals surface area contributed by atoms with Crippen molar-refractivity contribution in [3.05, 3.63) is 12.2 Å². The van der Waals surface area contributed by atoms with Crippen LogP contribution in [-0.4, -0.2) is 12.5 Å². The van der Waals surface area contributed by atoms with Gasteiger partial charge < -0.3 is 5.32 Å². The summed E-state index contributed by atoms with van der Waals surface area (Å²) in [6.45, 7) is 1.81. The van der Waals surface area contributed by atoms with E-state index in [2.05, 4.69) is 5.32 Å². The van der Waals surface area contributed by atoms with E-state index >= 15 is 0 Å². The van der Waals surface area contributed by atoms with Crippen LogP contribution in [0.25, 0.3) is 0 Å². The van der Waals surface area contributed by atoms with Crippen molar-refractivity contribution < 1.29 is 4.79 Å². The SMILES string of the molecule is CC=CC(=O)NCC#N. The Labute approximate surface area is 54.0 Å². The topological polar surface area (TPSA) is 52.9 Å². The second-order valence-electron chi connectivity index (χ2n) is 1.38. The lowest BCUT2D eigenvalue weighted by atomic mass is 10.5. The number of hydrogen-bond acceptors (Lipinski definition) is 2. The number of rotatable bonds is 2. The number of nitriles is 1. The molecule has 0 radical (unpaired) electrons. The largest absolute Gasteiger partial charge is 0.339 e. The van der Waals surface area contributed by atoms with Gasteiger partial charge in [0.25, 0.3) is 0 Å². The highest BCUT2D eigenvalue weighted by Crippen LogP contribution is 1.69. The molecule has 9 heavy (non-hydrogen) atoms. The third-order valence-electron chi connectivity index (χ3n) is 0.660. The fourth-order valence-electron chi connectivity index (χ4n) is 0.337. The first-order valence-corrected chi connectivity index (χ1v) is 2.58. The van der Waals surface area contributed by atoms with E-state index in [0.717, 1.165) is 0 Å². The first-order chi connectivity index (χ1) is 4.31. The van der Waals surface area contributed by atoms with Gasteiger partial charge in [-0.15, -0.1) is 0 Å². The second kappa shape index (κ2) is 4.85. The highest BCUT2D eigenvalue weighted by Gasteiger charge is 1.88. The first-order valence-electron chi connectivity index (χ1n) is 2.58. The maximum Gasteiger partial charge on any atom is 0.244 e. The second-order valence-corrected chi connectivity index (χ2v) is 1.38. The van der Waals surface area contributed by atoms with E-state index in [1.54, 1.807) is 19.1 Å². The van der Waals surface area contributed by atoms with Crippen molar-refractivity contribution in [1.82, 2.24) is 5.32 Å². The van der Waals surface area contributed by atoms with Crippen LogP contribution in [0.2, 0.25) is 0 Å². The van der Waals surface area contributed by atoms with Gasteiger partial charge in [-0.2, -0.15) is 5.26 Å². The molecule has 0 unspecified atom stereocenters.